The number of carbonyl (C=O) groups is 1. The molecule has 1 aliphatic rings. The molecule has 0 saturated carbocycles. The molecule has 11 nitrogen and oxygen atoms in total. The van der Waals surface area contributed by atoms with Crippen LogP contribution in [-0.2, 0) is 17.9 Å². The number of nitrogens with zero attached hydrogens (tertiary/aromatic N) is 4. The minimum Gasteiger partial charge on any atom is -0.456 e. The van der Waals surface area contributed by atoms with Crippen LogP contribution in [0.2, 0.25) is 0 Å². The molecular weight excluding hydrogens is 558 g/mol. The van der Waals surface area contributed by atoms with Crippen molar-refractivity contribution in [1.82, 2.24) is 24.8 Å². The zero-order valence-corrected chi connectivity index (χ0v) is 24.1. The molecule has 4 aromatic heterocycles. The molecule has 0 spiro atoms. The van der Waals surface area contributed by atoms with Crippen LogP contribution in [0.5, 0.6) is 0 Å². The maximum Gasteiger partial charge on any atom is 0.295 e. The Labute approximate surface area is 252 Å². The fourth-order valence-electron chi connectivity index (χ4n) is 5.99. The highest BCUT2D eigenvalue weighted by atomic mass is 16.3. The van der Waals surface area contributed by atoms with Gasteiger partial charge in [0.15, 0.2) is 5.82 Å². The number of aromatic nitrogens is 4. The molecule has 0 aliphatic carbocycles. The molecule has 224 valence electrons. The van der Waals surface area contributed by atoms with Gasteiger partial charge in [-0.05, 0) is 55.2 Å². The summed E-state index contributed by atoms with van der Waals surface area (Å²) < 4.78 is 7.43. The van der Waals surface area contributed by atoms with Crippen LogP contribution in [0.4, 0.5) is 11.6 Å². The van der Waals surface area contributed by atoms with Crippen molar-refractivity contribution in [2.75, 3.05) is 29.9 Å². The van der Waals surface area contributed by atoms with E-state index in [2.05, 4.69) is 30.5 Å². The summed E-state index contributed by atoms with van der Waals surface area (Å²) in [6, 6.07) is 16.7. The van der Waals surface area contributed by atoms with Gasteiger partial charge >= 0.3 is 0 Å². The van der Waals surface area contributed by atoms with E-state index in [1.807, 2.05) is 54.6 Å². The van der Waals surface area contributed by atoms with Crippen LogP contribution >= 0.6 is 0 Å². The normalized spacial score (nSPS) is 14.3. The molecule has 0 unspecified atom stereocenters. The summed E-state index contributed by atoms with van der Waals surface area (Å²) in [7, 11) is 0. The first-order chi connectivity index (χ1) is 21.6. The van der Waals surface area contributed by atoms with Crippen molar-refractivity contribution in [2.45, 2.75) is 38.4 Å². The highest BCUT2D eigenvalue weighted by Gasteiger charge is 2.22. The molecule has 7 rings (SSSR count). The first-order valence-electron chi connectivity index (χ1n) is 14.9. The third-order valence-electron chi connectivity index (χ3n) is 8.26. The number of nitrogens with one attached hydrogen (secondary N) is 3. The van der Waals surface area contributed by atoms with Gasteiger partial charge in [0.25, 0.3) is 5.56 Å². The fourth-order valence-corrected chi connectivity index (χ4v) is 5.99. The number of hydrogen-bond donors (Lipinski definition) is 4. The molecule has 0 bridgehead atoms. The number of fused-ring (bicyclic) bond motifs is 4. The number of furan rings is 1. The number of aliphatic hydroxyl groups is 1. The van der Waals surface area contributed by atoms with Crippen LogP contribution in [0.3, 0.4) is 0 Å². The van der Waals surface area contributed by atoms with E-state index in [0.717, 1.165) is 76.5 Å². The number of carbonyl (C=O) groups excluding carboxylic acids is 1. The zero-order valence-electron chi connectivity index (χ0n) is 24.1. The van der Waals surface area contributed by atoms with Crippen molar-refractivity contribution < 1.29 is 14.3 Å². The van der Waals surface area contributed by atoms with E-state index in [1.165, 1.54) is 4.57 Å². The lowest BCUT2D eigenvalue weighted by atomic mass is 10.0. The Morgan fingerprint density at radius 2 is 1.86 bits per heavy atom. The Hall–Kier alpha value is -5.16. The number of para-hydroxylation sites is 1. The molecule has 5 heterocycles. The van der Waals surface area contributed by atoms with E-state index >= 15 is 0 Å². The lowest BCUT2D eigenvalue weighted by Gasteiger charge is -2.30. The number of aromatic amines is 1. The van der Waals surface area contributed by atoms with E-state index in [4.69, 9.17) is 4.42 Å². The topological polar surface area (TPSA) is 141 Å². The van der Waals surface area contributed by atoms with Crippen molar-refractivity contribution in [3.63, 3.8) is 0 Å². The van der Waals surface area contributed by atoms with Crippen molar-refractivity contribution in [3.8, 4) is 0 Å². The molecule has 0 radical (unpaired) electrons. The lowest BCUT2D eigenvalue weighted by Crippen LogP contribution is -2.39. The number of amides is 1. The molecule has 11 heteroatoms. The molecule has 1 amide bonds. The first-order valence-corrected chi connectivity index (χ1v) is 14.9. The minimum absolute atomic E-state index is 0.0675. The van der Waals surface area contributed by atoms with E-state index < -0.39 is 11.6 Å². The van der Waals surface area contributed by atoms with Crippen LogP contribution in [0.1, 0.15) is 36.6 Å². The summed E-state index contributed by atoms with van der Waals surface area (Å²) in [4.78, 5) is 41.1. The Morgan fingerprint density at radius 1 is 1.02 bits per heavy atom. The van der Waals surface area contributed by atoms with Gasteiger partial charge in [0, 0.05) is 52.9 Å². The molecule has 1 atom stereocenters. The molecular formula is C33H33N7O4. The van der Waals surface area contributed by atoms with E-state index in [-0.39, 0.29) is 31.4 Å². The Kier molecular flexibility index (Phi) is 7.45. The molecule has 6 aromatic rings. The number of anilines is 2. The smallest absolute Gasteiger partial charge is 0.295 e. The summed E-state index contributed by atoms with van der Waals surface area (Å²) in [5, 5.41) is 19.3. The Morgan fingerprint density at radius 3 is 2.70 bits per heavy atom. The second-order valence-corrected chi connectivity index (χ2v) is 11.2. The number of benzene rings is 2. The highest BCUT2D eigenvalue weighted by molar-refractivity contribution is 6.05. The molecule has 1 fully saturated rings. The van der Waals surface area contributed by atoms with Crippen LogP contribution in [-0.4, -0.2) is 50.2 Å². The van der Waals surface area contributed by atoms with Gasteiger partial charge in [0.05, 0.1) is 25.4 Å². The van der Waals surface area contributed by atoms with Gasteiger partial charge < -0.3 is 30.0 Å². The van der Waals surface area contributed by atoms with Crippen molar-refractivity contribution in [1.29, 1.82) is 0 Å². The SMILES string of the molecule is O=C(Cn1c(N2CCCCC2)cnc(N[C@H](CO)c2ccc3oc4ccccc4c3c2)c1=O)NCc1cc2cnccc2[nH]1. The monoisotopic (exact) mass is 591 g/mol. The van der Waals surface area contributed by atoms with Crippen LogP contribution in [0.25, 0.3) is 32.8 Å². The molecule has 1 saturated heterocycles. The molecule has 1 aliphatic heterocycles. The van der Waals surface area contributed by atoms with Crippen molar-refractivity contribution in [2.24, 2.45) is 0 Å². The lowest BCUT2D eigenvalue weighted by molar-refractivity contribution is -0.121. The summed E-state index contributed by atoms with van der Waals surface area (Å²) in [6.45, 7) is 1.43. The third-order valence-corrected chi connectivity index (χ3v) is 8.26. The first kappa shape index (κ1) is 27.7. The van der Waals surface area contributed by atoms with E-state index in [0.29, 0.717) is 5.82 Å². The van der Waals surface area contributed by atoms with Gasteiger partial charge in [0.2, 0.25) is 5.91 Å². The number of pyridine rings is 1. The third kappa shape index (κ3) is 5.37. The summed E-state index contributed by atoms with van der Waals surface area (Å²) in [5.41, 5.74) is 3.67. The van der Waals surface area contributed by atoms with Crippen LogP contribution < -0.4 is 21.1 Å². The predicted molar refractivity (Wildman–Crippen MR) is 170 cm³/mol. The standard InChI is InChI=1S/C33H33N7O4/c41-20-27(21-8-9-29-25(15-21)24-6-2-3-7-28(24)44-29)38-32-33(43)40(31(18-36-32)39-12-4-1-5-13-39)19-30(42)35-17-23-14-22-16-34-11-10-26(22)37-23/h2-3,6-11,14-16,18,27,37,41H,1,4-5,12-13,17,19-20H2,(H,35,42)(H,36,38)/t27-/m1/s1. The number of rotatable bonds is 9. The van der Waals surface area contributed by atoms with Gasteiger partial charge in [-0.25, -0.2) is 4.98 Å². The molecule has 4 N–H and O–H groups in total. The number of piperidine rings is 1. The Bertz CT molecular complexity index is 1990. The van der Waals surface area contributed by atoms with Gasteiger partial charge in [0.1, 0.15) is 23.5 Å². The molecule has 44 heavy (non-hydrogen) atoms. The van der Waals surface area contributed by atoms with Gasteiger partial charge in [-0.15, -0.1) is 0 Å². The summed E-state index contributed by atoms with van der Waals surface area (Å²) in [6.07, 6.45) is 8.27. The van der Waals surface area contributed by atoms with E-state index in [1.54, 1.807) is 18.6 Å². The highest BCUT2D eigenvalue weighted by Crippen LogP contribution is 2.31. The maximum atomic E-state index is 13.9. The number of H-pyrrole nitrogens is 1. The number of aliphatic hydroxyl groups excluding tert-OH is 1. The van der Waals surface area contributed by atoms with Crippen molar-refractivity contribution in [3.05, 3.63) is 94.8 Å². The average Bonchev–Trinajstić information content (AvgIpc) is 3.65. The Balaban J connectivity index is 1.16. The quantitative estimate of drug-likeness (QED) is 0.193. The predicted octanol–water partition coefficient (Wildman–Crippen LogP) is 4.47. The maximum absolute atomic E-state index is 13.9. The second kappa shape index (κ2) is 11.8. The molecule has 2 aromatic carbocycles. The summed E-state index contributed by atoms with van der Waals surface area (Å²) in [5.74, 6) is 0.382. The second-order valence-electron chi connectivity index (χ2n) is 11.2. The van der Waals surface area contributed by atoms with E-state index in [9.17, 15) is 14.7 Å². The van der Waals surface area contributed by atoms with Crippen molar-refractivity contribution >= 4 is 50.4 Å². The minimum atomic E-state index is -0.604. The van der Waals surface area contributed by atoms with Gasteiger partial charge in [-0.3, -0.25) is 19.1 Å². The zero-order chi connectivity index (χ0) is 30.0. The fraction of sp³-hybridized carbons (Fsp3) is 0.273. The number of hydrogen-bond acceptors (Lipinski definition) is 8. The van der Waals surface area contributed by atoms with Gasteiger partial charge in [-0.2, -0.15) is 0 Å². The average molecular weight is 592 g/mol. The van der Waals surface area contributed by atoms with Crippen LogP contribution in [0.15, 0.2) is 82.4 Å². The van der Waals surface area contributed by atoms with Crippen LogP contribution in [0, 0.1) is 0 Å². The summed E-state index contributed by atoms with van der Waals surface area (Å²) >= 11 is 0. The van der Waals surface area contributed by atoms with Gasteiger partial charge in [-0.1, -0.05) is 24.3 Å². The largest absolute Gasteiger partial charge is 0.456 e.